The fourth-order valence-corrected chi connectivity index (χ4v) is 3.21. The van der Waals surface area contributed by atoms with E-state index in [0.29, 0.717) is 6.04 Å². The number of nitrogens with one attached hydrogen (secondary N) is 1. The summed E-state index contributed by atoms with van der Waals surface area (Å²) in [6.45, 7) is 9.86. The zero-order valence-corrected chi connectivity index (χ0v) is 13.9. The second-order valence-corrected chi connectivity index (χ2v) is 6.19. The van der Waals surface area contributed by atoms with E-state index in [4.69, 9.17) is 10.6 Å². The Labute approximate surface area is 128 Å². The third-order valence-corrected chi connectivity index (χ3v) is 4.44. The zero-order valence-electron chi connectivity index (χ0n) is 12.3. The standard InChI is InChI=1S/C13H24BrN5O/c1-4-19-13(10(14)7-16-19)12(17-15)11-8-18(9(2)3)5-6-20-11/h7,9,11-12,17H,4-6,8,15H2,1-3H3. The molecule has 0 aliphatic carbocycles. The van der Waals surface area contributed by atoms with Crippen LogP contribution in [-0.4, -0.2) is 46.5 Å². The van der Waals surface area contributed by atoms with Gasteiger partial charge >= 0.3 is 0 Å². The van der Waals surface area contributed by atoms with E-state index in [2.05, 4.69) is 52.1 Å². The van der Waals surface area contributed by atoms with Gasteiger partial charge in [0.2, 0.25) is 0 Å². The predicted octanol–water partition coefficient (Wildman–Crippen LogP) is 1.28. The first-order valence-corrected chi connectivity index (χ1v) is 7.90. The topological polar surface area (TPSA) is 68.3 Å². The number of aromatic nitrogens is 2. The van der Waals surface area contributed by atoms with Gasteiger partial charge in [-0.2, -0.15) is 5.10 Å². The Morgan fingerprint density at radius 1 is 1.60 bits per heavy atom. The summed E-state index contributed by atoms with van der Waals surface area (Å²) in [5.41, 5.74) is 3.95. The van der Waals surface area contributed by atoms with Gasteiger partial charge in [-0.1, -0.05) is 0 Å². The van der Waals surface area contributed by atoms with Gasteiger partial charge < -0.3 is 4.74 Å². The number of ether oxygens (including phenoxy) is 1. The molecular weight excluding hydrogens is 322 g/mol. The number of aryl methyl sites for hydroxylation is 1. The summed E-state index contributed by atoms with van der Waals surface area (Å²) in [6, 6.07) is 0.438. The molecule has 1 aromatic heterocycles. The monoisotopic (exact) mass is 345 g/mol. The summed E-state index contributed by atoms with van der Waals surface area (Å²) in [5, 5.41) is 4.36. The van der Waals surface area contributed by atoms with E-state index >= 15 is 0 Å². The molecule has 1 aromatic rings. The highest BCUT2D eigenvalue weighted by molar-refractivity contribution is 9.10. The summed E-state index contributed by atoms with van der Waals surface area (Å²) in [6.07, 6.45) is 1.83. The molecule has 7 heteroatoms. The van der Waals surface area contributed by atoms with Crippen LogP contribution < -0.4 is 11.3 Å². The molecule has 0 radical (unpaired) electrons. The maximum atomic E-state index is 5.94. The first-order valence-electron chi connectivity index (χ1n) is 7.11. The lowest BCUT2D eigenvalue weighted by Gasteiger charge is -2.38. The Kier molecular flexibility index (Phi) is 5.57. The van der Waals surface area contributed by atoms with Crippen molar-refractivity contribution in [2.75, 3.05) is 19.7 Å². The minimum Gasteiger partial charge on any atom is -0.373 e. The van der Waals surface area contributed by atoms with Crippen LogP contribution in [0, 0.1) is 0 Å². The number of nitrogens with two attached hydrogens (primary N) is 1. The Morgan fingerprint density at radius 2 is 2.35 bits per heavy atom. The average Bonchev–Trinajstić information content (AvgIpc) is 2.82. The van der Waals surface area contributed by atoms with Gasteiger partial charge in [-0.05, 0) is 36.7 Å². The van der Waals surface area contributed by atoms with Crippen LogP contribution in [-0.2, 0) is 11.3 Å². The van der Waals surface area contributed by atoms with E-state index in [9.17, 15) is 0 Å². The lowest BCUT2D eigenvalue weighted by molar-refractivity contribution is -0.0574. The van der Waals surface area contributed by atoms with Crippen molar-refractivity contribution in [2.24, 2.45) is 5.84 Å². The molecule has 2 heterocycles. The Bertz CT molecular complexity index is 436. The molecule has 3 N–H and O–H groups in total. The lowest BCUT2D eigenvalue weighted by atomic mass is 10.1. The Hall–Kier alpha value is -0.470. The second-order valence-electron chi connectivity index (χ2n) is 5.34. The molecule has 0 bridgehead atoms. The van der Waals surface area contributed by atoms with E-state index in [-0.39, 0.29) is 12.1 Å². The third-order valence-electron chi connectivity index (χ3n) is 3.83. The largest absolute Gasteiger partial charge is 0.373 e. The summed E-state index contributed by atoms with van der Waals surface area (Å²) in [7, 11) is 0. The molecule has 2 rings (SSSR count). The summed E-state index contributed by atoms with van der Waals surface area (Å²) >= 11 is 3.56. The maximum Gasteiger partial charge on any atom is 0.0925 e. The van der Waals surface area contributed by atoms with Crippen molar-refractivity contribution in [1.82, 2.24) is 20.1 Å². The van der Waals surface area contributed by atoms with Crippen molar-refractivity contribution >= 4 is 15.9 Å². The molecule has 0 aromatic carbocycles. The first-order chi connectivity index (χ1) is 9.58. The third kappa shape index (κ3) is 3.23. The van der Waals surface area contributed by atoms with Gasteiger partial charge in [-0.3, -0.25) is 15.4 Å². The zero-order chi connectivity index (χ0) is 14.7. The van der Waals surface area contributed by atoms with Crippen LogP contribution >= 0.6 is 15.9 Å². The molecule has 114 valence electrons. The number of hydrogen-bond acceptors (Lipinski definition) is 5. The molecule has 1 aliphatic rings. The number of rotatable bonds is 5. The van der Waals surface area contributed by atoms with Crippen molar-refractivity contribution in [3.8, 4) is 0 Å². The first kappa shape index (κ1) is 15.9. The van der Waals surface area contributed by atoms with Crippen molar-refractivity contribution in [2.45, 2.75) is 45.5 Å². The van der Waals surface area contributed by atoms with Crippen LogP contribution in [0.15, 0.2) is 10.7 Å². The van der Waals surface area contributed by atoms with Crippen LogP contribution in [0.3, 0.4) is 0 Å². The van der Waals surface area contributed by atoms with Crippen LogP contribution in [0.25, 0.3) is 0 Å². The molecule has 0 saturated carbocycles. The van der Waals surface area contributed by atoms with Crippen LogP contribution in [0.5, 0.6) is 0 Å². The summed E-state index contributed by atoms with van der Waals surface area (Å²) < 4.78 is 8.86. The Morgan fingerprint density at radius 3 is 2.95 bits per heavy atom. The predicted molar refractivity (Wildman–Crippen MR) is 82.1 cm³/mol. The van der Waals surface area contributed by atoms with Crippen molar-refractivity contribution in [3.05, 3.63) is 16.4 Å². The number of hydrogen-bond donors (Lipinski definition) is 2. The molecule has 6 nitrogen and oxygen atoms in total. The number of hydrazine groups is 1. The molecule has 2 atom stereocenters. The van der Waals surface area contributed by atoms with Crippen molar-refractivity contribution in [1.29, 1.82) is 0 Å². The van der Waals surface area contributed by atoms with Crippen molar-refractivity contribution in [3.63, 3.8) is 0 Å². The van der Waals surface area contributed by atoms with Gasteiger partial charge in [-0.25, -0.2) is 5.43 Å². The number of morpholine rings is 1. The molecule has 20 heavy (non-hydrogen) atoms. The van der Waals surface area contributed by atoms with E-state index in [1.165, 1.54) is 0 Å². The number of nitrogens with zero attached hydrogens (tertiary/aromatic N) is 3. The molecule has 1 aliphatic heterocycles. The fraction of sp³-hybridized carbons (Fsp3) is 0.769. The van der Waals surface area contributed by atoms with E-state index < -0.39 is 0 Å². The van der Waals surface area contributed by atoms with Gasteiger partial charge in [-0.15, -0.1) is 0 Å². The Balaban J connectivity index is 2.21. The SMILES string of the molecule is CCn1ncc(Br)c1C(NN)C1CN(C(C)C)CCO1. The molecule has 1 saturated heterocycles. The van der Waals surface area contributed by atoms with Crippen LogP contribution in [0.4, 0.5) is 0 Å². The molecule has 2 unspecified atom stereocenters. The summed E-state index contributed by atoms with van der Waals surface area (Å²) in [5.74, 6) is 5.80. The highest BCUT2D eigenvalue weighted by Gasteiger charge is 2.32. The number of halogens is 1. The fourth-order valence-electron chi connectivity index (χ4n) is 2.66. The maximum absolute atomic E-state index is 5.94. The lowest BCUT2D eigenvalue weighted by Crippen LogP contribution is -2.51. The highest BCUT2D eigenvalue weighted by Crippen LogP contribution is 2.28. The summed E-state index contributed by atoms with van der Waals surface area (Å²) in [4.78, 5) is 2.42. The molecular formula is C13H24BrN5O. The molecule has 0 spiro atoms. The molecule has 0 amide bonds. The van der Waals surface area contributed by atoms with Gasteiger partial charge in [0.25, 0.3) is 0 Å². The van der Waals surface area contributed by atoms with Crippen LogP contribution in [0.2, 0.25) is 0 Å². The van der Waals surface area contributed by atoms with Gasteiger partial charge in [0, 0.05) is 25.7 Å². The van der Waals surface area contributed by atoms with E-state index in [1.54, 1.807) is 0 Å². The average molecular weight is 346 g/mol. The second kappa shape index (κ2) is 7.00. The highest BCUT2D eigenvalue weighted by atomic mass is 79.9. The minimum absolute atomic E-state index is 0.0226. The van der Waals surface area contributed by atoms with Gasteiger partial charge in [0.1, 0.15) is 0 Å². The van der Waals surface area contributed by atoms with Gasteiger partial charge in [0.15, 0.2) is 0 Å². The van der Waals surface area contributed by atoms with Crippen LogP contribution in [0.1, 0.15) is 32.5 Å². The molecule has 1 fully saturated rings. The van der Waals surface area contributed by atoms with Gasteiger partial charge in [0.05, 0.1) is 35.1 Å². The normalized spacial score (nSPS) is 22.4. The van der Waals surface area contributed by atoms with E-state index in [1.807, 2.05) is 10.9 Å². The van der Waals surface area contributed by atoms with E-state index in [0.717, 1.165) is 36.4 Å². The quantitative estimate of drug-likeness (QED) is 0.621. The van der Waals surface area contributed by atoms with Crippen molar-refractivity contribution < 1.29 is 4.74 Å². The minimum atomic E-state index is -0.0756. The smallest absolute Gasteiger partial charge is 0.0925 e.